The van der Waals surface area contributed by atoms with Crippen LogP contribution in [0.3, 0.4) is 0 Å². The molecule has 0 aliphatic heterocycles. The molecule has 9 heteroatoms. The summed E-state index contributed by atoms with van der Waals surface area (Å²) in [7, 11) is 0. The third kappa shape index (κ3) is 14.5. The van der Waals surface area contributed by atoms with Gasteiger partial charge in [0.1, 0.15) is 19.0 Å². The van der Waals surface area contributed by atoms with E-state index in [0.717, 1.165) is 22.4 Å². The molecule has 3 aromatic rings. The average molecular weight is 643 g/mol. The van der Waals surface area contributed by atoms with Gasteiger partial charge in [-0.05, 0) is 48.1 Å². The Hall–Kier alpha value is -4.73. The van der Waals surface area contributed by atoms with Crippen molar-refractivity contribution in [1.29, 1.82) is 0 Å². The molecule has 0 aliphatic rings. The largest absolute Gasteiger partial charge is 0.489 e. The number of ether oxygens (including phenoxy) is 3. The van der Waals surface area contributed by atoms with Crippen molar-refractivity contribution < 1.29 is 33.7 Å². The van der Waals surface area contributed by atoms with Crippen molar-refractivity contribution in [3.63, 3.8) is 0 Å². The molecule has 0 unspecified atom stereocenters. The van der Waals surface area contributed by atoms with Gasteiger partial charge in [0, 0.05) is 12.8 Å². The lowest BCUT2D eigenvalue weighted by Crippen LogP contribution is -2.46. The Balaban J connectivity index is 1.53. The Morgan fingerprint density at radius 3 is 2.04 bits per heavy atom. The van der Waals surface area contributed by atoms with Gasteiger partial charge >= 0.3 is 5.97 Å². The normalized spacial score (nSPS) is 12.6. The van der Waals surface area contributed by atoms with Gasteiger partial charge in [-0.1, -0.05) is 84.9 Å². The molecule has 3 aromatic carbocycles. The van der Waals surface area contributed by atoms with Crippen molar-refractivity contribution in [2.45, 2.75) is 57.4 Å². The molecule has 0 fully saturated rings. The van der Waals surface area contributed by atoms with Crippen molar-refractivity contribution in [2.24, 2.45) is 5.92 Å². The van der Waals surface area contributed by atoms with Crippen molar-refractivity contribution >= 4 is 17.8 Å². The minimum absolute atomic E-state index is 0.0772. The molecule has 0 bridgehead atoms. The van der Waals surface area contributed by atoms with Gasteiger partial charge in [-0.2, -0.15) is 0 Å². The monoisotopic (exact) mass is 642 g/mol. The standard InChI is InChI=1S/C38H46N2O7/c1-3-5-17-37(43)47-28-34(27-45-25-30-13-8-6-9-14-30)40-38(44)32(12-4-2)23-36(42)39-33(24-41)22-29-18-20-35(21-19-29)46-26-31-15-10-7-11-16-31/h3-4,6-11,13-16,18-21,32-34,41H,1-2,5,12,17,22-28H2,(H,39,42)(H,40,44)/t32-,33+,34+/m1/s1. The van der Waals surface area contributed by atoms with Crippen LogP contribution in [0.4, 0.5) is 0 Å². The predicted octanol–water partition coefficient (Wildman–Crippen LogP) is 5.08. The summed E-state index contributed by atoms with van der Waals surface area (Å²) < 4.78 is 17.0. The van der Waals surface area contributed by atoms with Crippen LogP contribution in [0, 0.1) is 5.92 Å². The summed E-state index contributed by atoms with van der Waals surface area (Å²) in [5.74, 6) is -1.17. The molecule has 0 heterocycles. The minimum Gasteiger partial charge on any atom is -0.489 e. The van der Waals surface area contributed by atoms with Gasteiger partial charge in [0.05, 0.1) is 37.8 Å². The minimum atomic E-state index is -0.721. The van der Waals surface area contributed by atoms with Crippen molar-refractivity contribution in [1.82, 2.24) is 10.6 Å². The molecule has 3 rings (SSSR count). The quantitative estimate of drug-likeness (QED) is 0.103. The second-order valence-electron chi connectivity index (χ2n) is 11.2. The molecular weight excluding hydrogens is 596 g/mol. The van der Waals surface area contributed by atoms with Crippen molar-refractivity contribution in [2.75, 3.05) is 19.8 Å². The van der Waals surface area contributed by atoms with Gasteiger partial charge in [-0.3, -0.25) is 14.4 Å². The molecule has 0 spiro atoms. The highest BCUT2D eigenvalue weighted by Gasteiger charge is 2.25. The van der Waals surface area contributed by atoms with Crippen LogP contribution in [-0.2, 0) is 43.5 Å². The van der Waals surface area contributed by atoms with Crippen LogP contribution in [0.25, 0.3) is 0 Å². The Labute approximate surface area is 277 Å². The first kappa shape index (κ1) is 36.7. The summed E-state index contributed by atoms with van der Waals surface area (Å²) in [6, 6.07) is 25.8. The van der Waals surface area contributed by atoms with Crippen LogP contribution < -0.4 is 15.4 Å². The van der Waals surface area contributed by atoms with E-state index >= 15 is 0 Å². The Bertz CT molecular complexity index is 1380. The van der Waals surface area contributed by atoms with Crippen LogP contribution in [0.5, 0.6) is 5.75 Å². The number of nitrogens with one attached hydrogen (secondary N) is 2. The van der Waals surface area contributed by atoms with E-state index < -0.39 is 24.0 Å². The Morgan fingerprint density at radius 2 is 1.43 bits per heavy atom. The fourth-order valence-electron chi connectivity index (χ4n) is 4.73. The number of amides is 2. The van der Waals surface area contributed by atoms with Crippen molar-refractivity contribution in [3.8, 4) is 5.75 Å². The molecule has 9 nitrogen and oxygen atoms in total. The lowest BCUT2D eigenvalue weighted by Gasteiger charge is -2.23. The zero-order valence-electron chi connectivity index (χ0n) is 26.9. The number of aliphatic hydroxyl groups is 1. The number of aliphatic hydroxyl groups excluding tert-OH is 1. The van der Waals surface area contributed by atoms with Crippen LogP contribution >= 0.6 is 0 Å². The molecule has 2 amide bonds. The Morgan fingerprint density at radius 1 is 0.766 bits per heavy atom. The third-order valence-corrected chi connectivity index (χ3v) is 7.27. The fraction of sp³-hybridized carbons (Fsp3) is 0.342. The van der Waals surface area contributed by atoms with E-state index in [4.69, 9.17) is 14.2 Å². The van der Waals surface area contributed by atoms with Gasteiger partial charge < -0.3 is 30.0 Å². The van der Waals surface area contributed by atoms with Gasteiger partial charge in [0.25, 0.3) is 0 Å². The second-order valence-corrected chi connectivity index (χ2v) is 11.2. The summed E-state index contributed by atoms with van der Waals surface area (Å²) in [4.78, 5) is 38.5. The average Bonchev–Trinajstić information content (AvgIpc) is 3.09. The van der Waals surface area contributed by atoms with Crippen LogP contribution in [0.2, 0.25) is 0 Å². The molecular formula is C38H46N2O7. The van der Waals surface area contributed by atoms with Gasteiger partial charge in [-0.15, -0.1) is 13.2 Å². The number of carbonyl (C=O) groups excluding carboxylic acids is 3. The first-order valence-corrected chi connectivity index (χ1v) is 15.9. The van der Waals surface area contributed by atoms with E-state index in [2.05, 4.69) is 23.8 Å². The molecule has 3 N–H and O–H groups in total. The highest BCUT2D eigenvalue weighted by atomic mass is 16.5. The molecule has 0 aliphatic carbocycles. The van der Waals surface area contributed by atoms with Gasteiger partial charge in [0.2, 0.25) is 11.8 Å². The second kappa shape index (κ2) is 21.1. The predicted molar refractivity (Wildman–Crippen MR) is 181 cm³/mol. The molecule has 47 heavy (non-hydrogen) atoms. The molecule has 250 valence electrons. The van der Waals surface area contributed by atoms with E-state index in [1.54, 1.807) is 12.2 Å². The maximum absolute atomic E-state index is 13.3. The molecule has 0 aromatic heterocycles. The maximum atomic E-state index is 13.3. The van der Waals surface area contributed by atoms with E-state index in [1.807, 2.05) is 84.9 Å². The summed E-state index contributed by atoms with van der Waals surface area (Å²) in [6.07, 6.45) is 4.43. The van der Waals surface area contributed by atoms with Crippen LogP contribution in [0.15, 0.2) is 110 Å². The zero-order chi connectivity index (χ0) is 33.7. The highest BCUT2D eigenvalue weighted by Crippen LogP contribution is 2.16. The Kier molecular flexibility index (Phi) is 16.5. The lowest BCUT2D eigenvalue weighted by molar-refractivity contribution is -0.145. The smallest absolute Gasteiger partial charge is 0.306 e. The highest BCUT2D eigenvalue weighted by molar-refractivity contribution is 5.86. The number of rotatable bonds is 22. The number of hydrogen-bond acceptors (Lipinski definition) is 7. The summed E-state index contributed by atoms with van der Waals surface area (Å²) in [5.41, 5.74) is 2.95. The zero-order valence-corrected chi connectivity index (χ0v) is 26.9. The molecule has 0 saturated carbocycles. The summed E-state index contributed by atoms with van der Waals surface area (Å²) in [6.45, 7) is 7.89. The number of hydrogen-bond donors (Lipinski definition) is 3. The summed E-state index contributed by atoms with van der Waals surface area (Å²) in [5, 5.41) is 15.7. The number of benzene rings is 3. The first-order chi connectivity index (χ1) is 22.9. The molecule has 3 atom stereocenters. The number of esters is 1. The molecule has 0 saturated heterocycles. The van der Waals surface area contributed by atoms with E-state index in [-0.39, 0.29) is 50.9 Å². The van der Waals surface area contributed by atoms with Gasteiger partial charge in [0.15, 0.2) is 0 Å². The SMILES string of the molecule is C=CCCC(=O)OC[C@H](COCc1ccccc1)NC(=O)[C@H](CC=C)CC(=O)N[C@H](CO)Cc1ccc(OCc2ccccc2)cc1. The van der Waals surface area contributed by atoms with Crippen molar-refractivity contribution in [3.05, 3.63) is 127 Å². The van der Waals surface area contributed by atoms with Crippen LogP contribution in [-0.4, -0.2) is 54.8 Å². The fourth-order valence-corrected chi connectivity index (χ4v) is 4.73. The third-order valence-electron chi connectivity index (χ3n) is 7.27. The number of carbonyl (C=O) groups is 3. The van der Waals surface area contributed by atoms with E-state index in [1.165, 1.54) is 0 Å². The maximum Gasteiger partial charge on any atom is 0.306 e. The van der Waals surface area contributed by atoms with Gasteiger partial charge in [-0.25, -0.2) is 0 Å². The first-order valence-electron chi connectivity index (χ1n) is 15.9. The lowest BCUT2D eigenvalue weighted by atomic mass is 9.98. The van der Waals surface area contributed by atoms with Crippen LogP contribution in [0.1, 0.15) is 42.4 Å². The van der Waals surface area contributed by atoms with E-state index in [9.17, 15) is 19.5 Å². The molecule has 0 radical (unpaired) electrons. The summed E-state index contributed by atoms with van der Waals surface area (Å²) >= 11 is 0. The number of allylic oxidation sites excluding steroid dienone is 2. The topological polar surface area (TPSA) is 123 Å². The van der Waals surface area contributed by atoms with E-state index in [0.29, 0.717) is 26.1 Å².